The maximum atomic E-state index is 10.8. The highest BCUT2D eigenvalue weighted by atomic mass is 16.3. The van der Waals surface area contributed by atoms with Crippen LogP contribution >= 0.6 is 0 Å². The van der Waals surface area contributed by atoms with Crippen LogP contribution in [-0.4, -0.2) is 20.5 Å². The largest absolute Gasteiger partial charge is 0.389 e. The quantitative estimate of drug-likeness (QED) is 0.913. The summed E-state index contributed by atoms with van der Waals surface area (Å²) in [5, 5.41) is 15.6. The second kappa shape index (κ2) is 5.51. The van der Waals surface area contributed by atoms with Crippen molar-refractivity contribution in [3.8, 4) is 0 Å². The van der Waals surface area contributed by atoms with E-state index in [0.29, 0.717) is 12.0 Å². The molecule has 0 amide bonds. The fourth-order valence-electron chi connectivity index (χ4n) is 4.02. The van der Waals surface area contributed by atoms with E-state index in [0.717, 1.165) is 37.3 Å². The summed E-state index contributed by atoms with van der Waals surface area (Å²) in [6.07, 6.45) is 11.0. The molecule has 2 aliphatic rings. The van der Waals surface area contributed by atoms with Gasteiger partial charge in [0.1, 0.15) is 0 Å². The first kappa shape index (κ1) is 14.1. The Morgan fingerprint density at radius 1 is 1.25 bits per heavy atom. The van der Waals surface area contributed by atoms with Crippen LogP contribution in [0.4, 0.5) is 0 Å². The van der Waals surface area contributed by atoms with Crippen molar-refractivity contribution in [2.75, 3.05) is 0 Å². The normalized spacial score (nSPS) is 35.5. The summed E-state index contributed by atoms with van der Waals surface area (Å²) in [6.45, 7) is 4.57. The summed E-state index contributed by atoms with van der Waals surface area (Å²) >= 11 is 0. The van der Waals surface area contributed by atoms with Gasteiger partial charge >= 0.3 is 0 Å². The molecule has 112 valence electrons. The van der Waals surface area contributed by atoms with Gasteiger partial charge in [-0.3, -0.25) is 4.68 Å². The molecule has 2 fully saturated rings. The van der Waals surface area contributed by atoms with Gasteiger partial charge in [-0.1, -0.05) is 26.7 Å². The van der Waals surface area contributed by atoms with Gasteiger partial charge in [0.25, 0.3) is 0 Å². The van der Waals surface area contributed by atoms with E-state index >= 15 is 0 Å². The molecule has 0 saturated heterocycles. The van der Waals surface area contributed by atoms with Gasteiger partial charge in [0.05, 0.1) is 17.3 Å². The van der Waals surface area contributed by atoms with Gasteiger partial charge in [-0.25, -0.2) is 0 Å². The van der Waals surface area contributed by atoms with Crippen LogP contribution in [0.25, 0.3) is 0 Å². The summed E-state index contributed by atoms with van der Waals surface area (Å²) in [6, 6.07) is 2.71. The zero-order valence-corrected chi connectivity index (χ0v) is 12.9. The molecule has 1 N–H and O–H groups in total. The second-order valence-electron chi connectivity index (χ2n) is 7.32. The van der Waals surface area contributed by atoms with Crippen LogP contribution < -0.4 is 0 Å². The fraction of sp³-hybridized carbons (Fsp3) is 0.824. The Balaban J connectivity index is 1.65. The second-order valence-corrected chi connectivity index (χ2v) is 7.32. The van der Waals surface area contributed by atoms with Crippen molar-refractivity contribution >= 4 is 0 Å². The SMILES string of the molecule is CC1CCC(O)(Cc2ccn(C3CCCC3)n2)CC1C. The molecule has 0 radical (unpaired) electrons. The van der Waals surface area contributed by atoms with Gasteiger partial charge in [0.15, 0.2) is 0 Å². The lowest BCUT2D eigenvalue weighted by molar-refractivity contribution is -0.0287. The highest BCUT2D eigenvalue weighted by Gasteiger charge is 2.36. The van der Waals surface area contributed by atoms with Crippen molar-refractivity contribution < 1.29 is 5.11 Å². The highest BCUT2D eigenvalue weighted by Crippen LogP contribution is 2.38. The third kappa shape index (κ3) is 2.93. The van der Waals surface area contributed by atoms with Crippen LogP contribution in [-0.2, 0) is 6.42 Å². The molecule has 1 aromatic rings. The number of hydrogen-bond donors (Lipinski definition) is 1. The Bertz CT molecular complexity index is 450. The minimum Gasteiger partial charge on any atom is -0.389 e. The molecule has 1 aromatic heterocycles. The third-order valence-corrected chi connectivity index (χ3v) is 5.61. The zero-order valence-electron chi connectivity index (χ0n) is 12.9. The van der Waals surface area contributed by atoms with Gasteiger partial charge in [-0.2, -0.15) is 5.10 Å². The maximum Gasteiger partial charge on any atom is 0.0706 e. The topological polar surface area (TPSA) is 38.0 Å². The standard InChI is InChI=1S/C17H28N2O/c1-13-7-9-17(20,11-14(13)2)12-15-8-10-19(18-15)16-5-3-4-6-16/h8,10,13-14,16,20H,3-7,9,11-12H2,1-2H3. The molecule has 3 heteroatoms. The highest BCUT2D eigenvalue weighted by molar-refractivity contribution is 5.06. The minimum absolute atomic E-state index is 0.527. The lowest BCUT2D eigenvalue weighted by Gasteiger charge is -2.38. The first-order chi connectivity index (χ1) is 9.56. The molecular formula is C17H28N2O. The van der Waals surface area contributed by atoms with Gasteiger partial charge < -0.3 is 5.11 Å². The molecule has 20 heavy (non-hydrogen) atoms. The van der Waals surface area contributed by atoms with Crippen molar-refractivity contribution in [3.05, 3.63) is 18.0 Å². The summed E-state index contributed by atoms with van der Waals surface area (Å²) in [7, 11) is 0. The number of aliphatic hydroxyl groups is 1. The first-order valence-electron chi connectivity index (χ1n) is 8.32. The summed E-state index contributed by atoms with van der Waals surface area (Å²) in [5.74, 6) is 1.36. The summed E-state index contributed by atoms with van der Waals surface area (Å²) < 4.78 is 2.14. The van der Waals surface area contributed by atoms with Gasteiger partial charge in [0.2, 0.25) is 0 Å². The lowest BCUT2D eigenvalue weighted by atomic mass is 9.71. The van der Waals surface area contributed by atoms with Crippen LogP contribution in [0, 0.1) is 11.8 Å². The summed E-state index contributed by atoms with van der Waals surface area (Å²) in [5.41, 5.74) is 0.544. The van der Waals surface area contributed by atoms with Crippen LogP contribution in [0.5, 0.6) is 0 Å². The van der Waals surface area contributed by atoms with Crippen LogP contribution in [0.1, 0.15) is 70.5 Å². The smallest absolute Gasteiger partial charge is 0.0706 e. The van der Waals surface area contributed by atoms with Crippen LogP contribution in [0.3, 0.4) is 0 Å². The molecule has 0 aliphatic heterocycles. The van der Waals surface area contributed by atoms with E-state index in [1.165, 1.54) is 25.7 Å². The predicted octanol–water partition coefficient (Wildman–Crippen LogP) is 3.73. The number of rotatable bonds is 3. The zero-order chi connectivity index (χ0) is 14.2. The Labute approximate surface area is 122 Å². The Morgan fingerprint density at radius 2 is 2.00 bits per heavy atom. The number of aromatic nitrogens is 2. The van der Waals surface area contributed by atoms with E-state index in [2.05, 4.69) is 30.8 Å². The Kier molecular flexibility index (Phi) is 3.89. The van der Waals surface area contributed by atoms with E-state index < -0.39 is 5.60 Å². The van der Waals surface area contributed by atoms with Crippen molar-refractivity contribution in [1.82, 2.24) is 9.78 Å². The van der Waals surface area contributed by atoms with Crippen molar-refractivity contribution in [2.45, 2.75) is 76.9 Å². The van der Waals surface area contributed by atoms with Crippen molar-refractivity contribution in [1.29, 1.82) is 0 Å². The average Bonchev–Trinajstić information content (AvgIpc) is 3.04. The Hall–Kier alpha value is -0.830. The third-order valence-electron chi connectivity index (χ3n) is 5.61. The molecule has 0 bridgehead atoms. The molecule has 3 rings (SSSR count). The van der Waals surface area contributed by atoms with E-state index in [1.54, 1.807) is 0 Å². The molecule has 1 heterocycles. The first-order valence-corrected chi connectivity index (χ1v) is 8.32. The van der Waals surface area contributed by atoms with E-state index in [9.17, 15) is 5.11 Å². The van der Waals surface area contributed by atoms with E-state index in [4.69, 9.17) is 5.10 Å². The van der Waals surface area contributed by atoms with Crippen molar-refractivity contribution in [3.63, 3.8) is 0 Å². The molecule has 3 nitrogen and oxygen atoms in total. The fourth-order valence-corrected chi connectivity index (χ4v) is 4.02. The Morgan fingerprint density at radius 3 is 2.70 bits per heavy atom. The average molecular weight is 276 g/mol. The molecule has 0 spiro atoms. The van der Waals surface area contributed by atoms with Crippen LogP contribution in [0.2, 0.25) is 0 Å². The number of hydrogen-bond acceptors (Lipinski definition) is 2. The van der Waals surface area contributed by atoms with Gasteiger partial charge in [-0.05, 0) is 50.0 Å². The van der Waals surface area contributed by atoms with Gasteiger partial charge in [-0.15, -0.1) is 0 Å². The molecular weight excluding hydrogens is 248 g/mol. The summed E-state index contributed by atoms with van der Waals surface area (Å²) in [4.78, 5) is 0. The lowest BCUT2D eigenvalue weighted by Crippen LogP contribution is -2.39. The molecule has 3 unspecified atom stereocenters. The van der Waals surface area contributed by atoms with Crippen LogP contribution in [0.15, 0.2) is 12.3 Å². The predicted molar refractivity (Wildman–Crippen MR) is 80.6 cm³/mol. The minimum atomic E-state index is -0.527. The molecule has 3 atom stereocenters. The van der Waals surface area contributed by atoms with E-state index in [-0.39, 0.29) is 0 Å². The van der Waals surface area contributed by atoms with Gasteiger partial charge in [0, 0.05) is 12.6 Å². The van der Waals surface area contributed by atoms with E-state index in [1.807, 2.05) is 0 Å². The van der Waals surface area contributed by atoms with Crippen molar-refractivity contribution in [2.24, 2.45) is 11.8 Å². The monoisotopic (exact) mass is 276 g/mol. The maximum absolute atomic E-state index is 10.8. The number of nitrogens with zero attached hydrogens (tertiary/aromatic N) is 2. The molecule has 2 aliphatic carbocycles. The molecule has 2 saturated carbocycles. The molecule has 0 aromatic carbocycles.